The van der Waals surface area contributed by atoms with Crippen molar-refractivity contribution >= 4 is 34.6 Å². The predicted molar refractivity (Wildman–Crippen MR) is 104 cm³/mol. The average molecular weight is 382 g/mol. The first-order chi connectivity index (χ1) is 13.0. The molecule has 0 radical (unpaired) electrons. The first-order valence-electron chi connectivity index (χ1n) is 8.52. The van der Waals surface area contributed by atoms with E-state index >= 15 is 0 Å². The van der Waals surface area contributed by atoms with Crippen LogP contribution in [0.1, 0.15) is 21.1 Å². The lowest BCUT2D eigenvalue weighted by Crippen LogP contribution is -2.27. The smallest absolute Gasteiger partial charge is 0.321 e. The van der Waals surface area contributed by atoms with E-state index in [4.69, 9.17) is 4.42 Å². The third kappa shape index (κ3) is 3.43. The van der Waals surface area contributed by atoms with Crippen LogP contribution < -0.4 is 15.5 Å². The zero-order valence-electron chi connectivity index (χ0n) is 14.9. The second kappa shape index (κ2) is 6.88. The van der Waals surface area contributed by atoms with Crippen molar-refractivity contribution < 1.29 is 14.0 Å². The molecule has 1 fully saturated rings. The topological polar surface area (TPSA) is 87.5 Å². The number of carbonyl (C=O) groups is 2. The summed E-state index contributed by atoms with van der Waals surface area (Å²) in [5.41, 5.74) is 2.02. The number of amides is 3. The molecule has 3 amide bonds. The summed E-state index contributed by atoms with van der Waals surface area (Å²) in [7, 11) is 0. The molecule has 1 saturated heterocycles. The molecule has 0 spiro atoms. The highest BCUT2D eigenvalue weighted by molar-refractivity contribution is 7.17. The second-order valence-corrected chi connectivity index (χ2v) is 7.23. The van der Waals surface area contributed by atoms with Gasteiger partial charge in [0.25, 0.3) is 5.91 Å². The van der Waals surface area contributed by atoms with E-state index in [0.717, 1.165) is 11.4 Å². The molecule has 2 aromatic heterocycles. The van der Waals surface area contributed by atoms with Crippen molar-refractivity contribution in [2.75, 3.05) is 23.3 Å². The summed E-state index contributed by atoms with van der Waals surface area (Å²) in [6.45, 7) is 4.89. The number of benzene rings is 1. The number of furan rings is 1. The lowest BCUT2D eigenvalue weighted by atomic mass is 10.2. The maximum atomic E-state index is 12.7. The molecule has 0 saturated carbocycles. The number of anilines is 2. The van der Waals surface area contributed by atoms with E-state index in [9.17, 15) is 9.59 Å². The Hall–Kier alpha value is -3.13. The largest absolute Gasteiger partial charge is 0.459 e. The number of rotatable bonds is 4. The maximum Gasteiger partial charge on any atom is 0.321 e. The van der Waals surface area contributed by atoms with Gasteiger partial charge < -0.3 is 15.1 Å². The standard InChI is InChI=1S/C19H18N4O3S/c1-11-6-7-15(26-11)18-21-12(2)16(27-18)17(24)22-13-4-3-5-14(10-13)23-9-8-20-19(23)25/h3-7,10H,8-9H2,1-2H3,(H,20,25)(H,22,24). The molecule has 2 N–H and O–H groups in total. The lowest BCUT2D eigenvalue weighted by molar-refractivity contribution is 0.103. The van der Waals surface area contributed by atoms with Gasteiger partial charge in [-0.05, 0) is 44.2 Å². The Labute approximate surface area is 160 Å². The van der Waals surface area contributed by atoms with Crippen molar-refractivity contribution in [2.24, 2.45) is 0 Å². The fourth-order valence-corrected chi connectivity index (χ4v) is 3.84. The number of thiazole rings is 1. The normalized spacial score (nSPS) is 13.7. The van der Waals surface area contributed by atoms with Crippen LogP contribution in [-0.2, 0) is 0 Å². The van der Waals surface area contributed by atoms with E-state index in [2.05, 4.69) is 15.6 Å². The van der Waals surface area contributed by atoms with Crippen LogP contribution in [-0.4, -0.2) is 30.0 Å². The zero-order valence-corrected chi connectivity index (χ0v) is 15.7. The van der Waals surface area contributed by atoms with Crippen LogP contribution >= 0.6 is 11.3 Å². The summed E-state index contributed by atoms with van der Waals surface area (Å²) in [6, 6.07) is 10.8. The number of aryl methyl sites for hydroxylation is 2. The minimum Gasteiger partial charge on any atom is -0.459 e. The molecule has 27 heavy (non-hydrogen) atoms. The number of carbonyl (C=O) groups excluding carboxylic acids is 2. The van der Waals surface area contributed by atoms with Gasteiger partial charge in [0.05, 0.1) is 5.69 Å². The highest BCUT2D eigenvalue weighted by Gasteiger charge is 2.22. The summed E-state index contributed by atoms with van der Waals surface area (Å²) < 4.78 is 5.59. The molecule has 1 aromatic carbocycles. The Morgan fingerprint density at radius 2 is 2.15 bits per heavy atom. The maximum absolute atomic E-state index is 12.7. The molecule has 8 heteroatoms. The Balaban J connectivity index is 1.54. The zero-order chi connectivity index (χ0) is 19.0. The van der Waals surface area contributed by atoms with Gasteiger partial charge in [0.1, 0.15) is 10.6 Å². The lowest BCUT2D eigenvalue weighted by Gasteiger charge is -2.15. The first-order valence-corrected chi connectivity index (χ1v) is 9.34. The van der Waals surface area contributed by atoms with Gasteiger partial charge in [-0.1, -0.05) is 6.07 Å². The van der Waals surface area contributed by atoms with Crippen molar-refractivity contribution in [1.82, 2.24) is 10.3 Å². The molecule has 7 nitrogen and oxygen atoms in total. The third-order valence-corrected chi connectivity index (χ3v) is 5.40. The van der Waals surface area contributed by atoms with Gasteiger partial charge in [0, 0.05) is 24.5 Å². The third-order valence-electron chi connectivity index (χ3n) is 4.23. The molecule has 0 atom stereocenters. The quantitative estimate of drug-likeness (QED) is 0.718. The minimum atomic E-state index is -0.234. The van der Waals surface area contributed by atoms with Gasteiger partial charge in [-0.3, -0.25) is 9.69 Å². The Morgan fingerprint density at radius 3 is 2.85 bits per heavy atom. The molecule has 0 unspecified atom stereocenters. The molecule has 138 valence electrons. The van der Waals surface area contributed by atoms with Crippen LogP contribution in [0.25, 0.3) is 10.8 Å². The molecule has 3 aromatic rings. The van der Waals surface area contributed by atoms with Crippen LogP contribution in [0.2, 0.25) is 0 Å². The van der Waals surface area contributed by atoms with Crippen molar-refractivity contribution in [3.05, 3.63) is 52.7 Å². The van der Waals surface area contributed by atoms with Gasteiger partial charge >= 0.3 is 6.03 Å². The second-order valence-electron chi connectivity index (χ2n) is 6.23. The highest BCUT2D eigenvalue weighted by Crippen LogP contribution is 2.30. The van der Waals surface area contributed by atoms with E-state index in [1.165, 1.54) is 11.3 Å². The molecule has 0 aliphatic carbocycles. The first kappa shape index (κ1) is 17.3. The fraction of sp³-hybridized carbons (Fsp3) is 0.211. The Morgan fingerprint density at radius 1 is 1.30 bits per heavy atom. The number of aromatic nitrogens is 1. The van der Waals surface area contributed by atoms with Crippen LogP contribution in [0.15, 0.2) is 40.8 Å². The van der Waals surface area contributed by atoms with Crippen molar-refractivity contribution in [1.29, 1.82) is 0 Å². The molecular weight excluding hydrogens is 364 g/mol. The summed E-state index contributed by atoms with van der Waals surface area (Å²) in [5.74, 6) is 1.22. The van der Waals surface area contributed by atoms with Crippen LogP contribution in [0, 0.1) is 13.8 Å². The van der Waals surface area contributed by atoms with E-state index < -0.39 is 0 Å². The van der Waals surface area contributed by atoms with E-state index in [0.29, 0.717) is 40.1 Å². The van der Waals surface area contributed by atoms with E-state index in [1.54, 1.807) is 24.0 Å². The van der Waals surface area contributed by atoms with E-state index in [-0.39, 0.29) is 11.9 Å². The minimum absolute atomic E-state index is 0.129. The van der Waals surface area contributed by atoms with Gasteiger partial charge in [0.15, 0.2) is 10.8 Å². The molecular formula is C19H18N4O3S. The average Bonchev–Trinajstić information content (AvgIpc) is 3.35. The fourth-order valence-electron chi connectivity index (χ4n) is 2.92. The van der Waals surface area contributed by atoms with Gasteiger partial charge in [-0.25, -0.2) is 9.78 Å². The summed E-state index contributed by atoms with van der Waals surface area (Å²) in [4.78, 5) is 31.2. The molecule has 4 rings (SSSR count). The van der Waals surface area contributed by atoms with E-state index in [1.807, 2.05) is 31.2 Å². The number of urea groups is 1. The van der Waals surface area contributed by atoms with Crippen LogP contribution in [0.4, 0.5) is 16.2 Å². The number of hydrogen-bond acceptors (Lipinski definition) is 5. The number of nitrogens with zero attached hydrogens (tertiary/aromatic N) is 2. The van der Waals surface area contributed by atoms with Crippen molar-refractivity contribution in [3.8, 4) is 10.8 Å². The van der Waals surface area contributed by atoms with Gasteiger partial charge in [-0.15, -0.1) is 11.3 Å². The predicted octanol–water partition coefficient (Wildman–Crippen LogP) is 3.80. The Kier molecular flexibility index (Phi) is 4.41. The summed E-state index contributed by atoms with van der Waals surface area (Å²) in [6.07, 6.45) is 0. The van der Waals surface area contributed by atoms with Crippen LogP contribution in [0.5, 0.6) is 0 Å². The number of nitrogens with one attached hydrogen (secondary N) is 2. The van der Waals surface area contributed by atoms with Gasteiger partial charge in [-0.2, -0.15) is 0 Å². The Bertz CT molecular complexity index is 1020. The van der Waals surface area contributed by atoms with Gasteiger partial charge in [0.2, 0.25) is 0 Å². The molecule has 0 bridgehead atoms. The SMILES string of the molecule is Cc1ccc(-c2nc(C)c(C(=O)Nc3cccc(N4CCNC4=O)c3)s2)o1. The summed E-state index contributed by atoms with van der Waals surface area (Å²) >= 11 is 1.29. The van der Waals surface area contributed by atoms with Crippen molar-refractivity contribution in [3.63, 3.8) is 0 Å². The van der Waals surface area contributed by atoms with Crippen LogP contribution in [0.3, 0.4) is 0 Å². The molecule has 3 heterocycles. The van der Waals surface area contributed by atoms with Crippen molar-refractivity contribution in [2.45, 2.75) is 13.8 Å². The highest BCUT2D eigenvalue weighted by atomic mass is 32.1. The summed E-state index contributed by atoms with van der Waals surface area (Å²) in [5, 5.41) is 6.33. The molecule has 1 aliphatic rings. The monoisotopic (exact) mass is 382 g/mol. The molecule has 1 aliphatic heterocycles. The number of hydrogen-bond donors (Lipinski definition) is 2.